The van der Waals surface area contributed by atoms with Gasteiger partial charge in [-0.2, -0.15) is 0 Å². The van der Waals surface area contributed by atoms with Crippen LogP contribution in [0.5, 0.6) is 0 Å². The molecule has 116 valence electrons. The first-order chi connectivity index (χ1) is 10.1. The van der Waals surface area contributed by atoms with Crippen molar-refractivity contribution in [1.82, 2.24) is 10.2 Å². The molecule has 0 aromatic heterocycles. The Bertz CT molecular complexity index is 465. The Kier molecular flexibility index (Phi) is 6.34. The summed E-state index contributed by atoms with van der Waals surface area (Å²) in [6.07, 6.45) is 4.48. The first-order valence-electron chi connectivity index (χ1n) is 7.58. The molecule has 1 aliphatic heterocycles. The van der Waals surface area contributed by atoms with E-state index in [1.807, 2.05) is 0 Å². The van der Waals surface area contributed by atoms with Gasteiger partial charge in [0.2, 0.25) is 0 Å². The van der Waals surface area contributed by atoms with E-state index in [4.69, 9.17) is 23.2 Å². The van der Waals surface area contributed by atoms with Gasteiger partial charge in [0.05, 0.1) is 0 Å². The van der Waals surface area contributed by atoms with Crippen LogP contribution in [0.15, 0.2) is 18.2 Å². The number of hydrogen-bond donors (Lipinski definition) is 1. The zero-order valence-corrected chi connectivity index (χ0v) is 13.9. The van der Waals surface area contributed by atoms with Crippen molar-refractivity contribution < 1.29 is 4.79 Å². The second-order valence-corrected chi connectivity index (χ2v) is 6.47. The molecule has 0 spiro atoms. The molecule has 2 rings (SSSR count). The number of unbranched alkanes of at least 4 members (excludes halogenated alkanes) is 1. The van der Waals surface area contributed by atoms with Crippen LogP contribution < -0.4 is 5.32 Å². The highest BCUT2D eigenvalue weighted by Crippen LogP contribution is 2.19. The summed E-state index contributed by atoms with van der Waals surface area (Å²) < 4.78 is 0. The average molecular weight is 329 g/mol. The molecule has 0 bridgehead atoms. The van der Waals surface area contributed by atoms with Crippen LogP contribution in [0.2, 0.25) is 10.0 Å². The van der Waals surface area contributed by atoms with Crippen LogP contribution in [-0.2, 0) is 0 Å². The number of halogens is 2. The minimum atomic E-state index is -0.0913. The van der Waals surface area contributed by atoms with E-state index in [2.05, 4.69) is 17.1 Å². The van der Waals surface area contributed by atoms with Crippen LogP contribution in [0.1, 0.15) is 43.0 Å². The molecule has 1 amide bonds. The Morgan fingerprint density at radius 1 is 1.24 bits per heavy atom. The fourth-order valence-electron chi connectivity index (χ4n) is 2.64. The summed E-state index contributed by atoms with van der Waals surface area (Å²) in [5.41, 5.74) is 0.529. The third kappa shape index (κ3) is 5.17. The van der Waals surface area contributed by atoms with E-state index >= 15 is 0 Å². The summed E-state index contributed by atoms with van der Waals surface area (Å²) in [6, 6.07) is 5.18. The van der Waals surface area contributed by atoms with E-state index in [0.717, 1.165) is 25.9 Å². The number of carbonyl (C=O) groups excluding carboxylic acids is 1. The maximum absolute atomic E-state index is 12.2. The van der Waals surface area contributed by atoms with Crippen molar-refractivity contribution >= 4 is 29.1 Å². The van der Waals surface area contributed by atoms with Gasteiger partial charge in [-0.05, 0) is 44.0 Å². The highest BCUT2D eigenvalue weighted by molar-refractivity contribution is 6.35. The SMILES string of the molecule is CCCCN1CCC(NC(=O)c2cc(Cl)cc(Cl)c2)CC1. The Hall–Kier alpha value is -0.770. The molecular weight excluding hydrogens is 307 g/mol. The fraction of sp³-hybridized carbons (Fsp3) is 0.562. The van der Waals surface area contributed by atoms with Gasteiger partial charge in [-0.3, -0.25) is 4.79 Å². The van der Waals surface area contributed by atoms with Gasteiger partial charge in [-0.25, -0.2) is 0 Å². The maximum Gasteiger partial charge on any atom is 0.251 e. The lowest BCUT2D eigenvalue weighted by Crippen LogP contribution is -2.44. The quantitative estimate of drug-likeness (QED) is 0.886. The Morgan fingerprint density at radius 3 is 2.43 bits per heavy atom. The van der Waals surface area contributed by atoms with Crippen molar-refractivity contribution in [1.29, 1.82) is 0 Å². The van der Waals surface area contributed by atoms with Gasteiger partial charge in [0.25, 0.3) is 5.91 Å². The molecule has 1 N–H and O–H groups in total. The van der Waals surface area contributed by atoms with Gasteiger partial charge < -0.3 is 10.2 Å². The third-order valence-corrected chi connectivity index (χ3v) is 4.31. The number of nitrogens with one attached hydrogen (secondary N) is 1. The van der Waals surface area contributed by atoms with Gasteiger partial charge >= 0.3 is 0 Å². The lowest BCUT2D eigenvalue weighted by molar-refractivity contribution is 0.0911. The molecule has 0 aliphatic carbocycles. The smallest absolute Gasteiger partial charge is 0.251 e. The second kappa shape index (κ2) is 8.02. The topological polar surface area (TPSA) is 32.3 Å². The van der Waals surface area contributed by atoms with Crippen molar-refractivity contribution in [2.24, 2.45) is 0 Å². The molecule has 3 nitrogen and oxygen atoms in total. The zero-order valence-electron chi connectivity index (χ0n) is 12.4. The summed E-state index contributed by atoms with van der Waals surface area (Å²) in [4.78, 5) is 14.7. The van der Waals surface area contributed by atoms with Crippen molar-refractivity contribution in [3.8, 4) is 0 Å². The summed E-state index contributed by atoms with van der Waals surface area (Å²) in [6.45, 7) is 5.49. The molecule has 0 atom stereocenters. The monoisotopic (exact) mass is 328 g/mol. The minimum absolute atomic E-state index is 0.0913. The molecule has 1 aromatic rings. The average Bonchev–Trinajstić information content (AvgIpc) is 2.45. The molecule has 21 heavy (non-hydrogen) atoms. The van der Waals surface area contributed by atoms with Crippen molar-refractivity contribution in [3.05, 3.63) is 33.8 Å². The first kappa shape index (κ1) is 16.6. The van der Waals surface area contributed by atoms with Crippen LogP contribution in [0, 0.1) is 0 Å². The van der Waals surface area contributed by atoms with Crippen LogP contribution >= 0.6 is 23.2 Å². The highest BCUT2D eigenvalue weighted by atomic mass is 35.5. The number of likely N-dealkylation sites (tertiary alicyclic amines) is 1. The number of piperidine rings is 1. The van der Waals surface area contributed by atoms with Crippen LogP contribution in [0.25, 0.3) is 0 Å². The summed E-state index contributed by atoms with van der Waals surface area (Å²) >= 11 is 11.9. The normalized spacial score (nSPS) is 16.9. The summed E-state index contributed by atoms with van der Waals surface area (Å²) in [5, 5.41) is 4.06. The molecule has 1 fully saturated rings. The van der Waals surface area contributed by atoms with Crippen LogP contribution in [0.4, 0.5) is 0 Å². The number of rotatable bonds is 5. The van der Waals surface area contributed by atoms with Crippen molar-refractivity contribution in [3.63, 3.8) is 0 Å². The molecule has 1 aliphatic rings. The van der Waals surface area contributed by atoms with E-state index in [1.165, 1.54) is 19.4 Å². The van der Waals surface area contributed by atoms with Gasteiger partial charge in [0.1, 0.15) is 0 Å². The molecule has 0 unspecified atom stereocenters. The Morgan fingerprint density at radius 2 is 1.86 bits per heavy atom. The number of hydrogen-bond acceptors (Lipinski definition) is 2. The van der Waals surface area contributed by atoms with E-state index in [1.54, 1.807) is 18.2 Å². The van der Waals surface area contributed by atoms with Crippen LogP contribution in [0.3, 0.4) is 0 Å². The Labute approximate surface area is 136 Å². The first-order valence-corrected chi connectivity index (χ1v) is 8.33. The third-order valence-electron chi connectivity index (χ3n) is 3.88. The van der Waals surface area contributed by atoms with Gasteiger partial charge in [-0.15, -0.1) is 0 Å². The number of carbonyl (C=O) groups is 1. The van der Waals surface area contributed by atoms with Gasteiger partial charge in [-0.1, -0.05) is 36.5 Å². The summed E-state index contributed by atoms with van der Waals surface area (Å²) in [7, 11) is 0. The zero-order chi connectivity index (χ0) is 15.2. The minimum Gasteiger partial charge on any atom is -0.349 e. The van der Waals surface area contributed by atoms with E-state index in [-0.39, 0.29) is 11.9 Å². The van der Waals surface area contributed by atoms with Gasteiger partial charge in [0.15, 0.2) is 0 Å². The number of benzene rings is 1. The molecule has 0 radical (unpaired) electrons. The largest absolute Gasteiger partial charge is 0.349 e. The fourth-order valence-corrected chi connectivity index (χ4v) is 3.16. The van der Waals surface area contributed by atoms with E-state index < -0.39 is 0 Å². The molecule has 1 heterocycles. The number of amides is 1. The number of nitrogens with zero attached hydrogens (tertiary/aromatic N) is 1. The van der Waals surface area contributed by atoms with Crippen LogP contribution in [-0.4, -0.2) is 36.5 Å². The van der Waals surface area contributed by atoms with Crippen molar-refractivity contribution in [2.45, 2.75) is 38.6 Å². The molecule has 1 saturated heterocycles. The molecular formula is C16H22Cl2N2O. The molecule has 1 aromatic carbocycles. The summed E-state index contributed by atoms with van der Waals surface area (Å²) in [5.74, 6) is -0.0913. The van der Waals surface area contributed by atoms with Gasteiger partial charge in [0, 0.05) is 34.7 Å². The van der Waals surface area contributed by atoms with Crippen molar-refractivity contribution in [2.75, 3.05) is 19.6 Å². The maximum atomic E-state index is 12.2. The standard InChI is InChI=1S/C16H22Cl2N2O/c1-2-3-6-20-7-4-15(5-8-20)19-16(21)12-9-13(17)11-14(18)10-12/h9-11,15H,2-8H2,1H3,(H,19,21). The second-order valence-electron chi connectivity index (χ2n) is 5.60. The lowest BCUT2D eigenvalue weighted by Gasteiger charge is -2.32. The predicted molar refractivity (Wildman–Crippen MR) is 88.3 cm³/mol. The Balaban J connectivity index is 1.84. The predicted octanol–water partition coefficient (Wildman–Crippen LogP) is 3.99. The highest BCUT2D eigenvalue weighted by Gasteiger charge is 2.21. The molecule has 5 heteroatoms. The molecule has 0 saturated carbocycles. The van der Waals surface area contributed by atoms with E-state index in [0.29, 0.717) is 15.6 Å². The van der Waals surface area contributed by atoms with E-state index in [9.17, 15) is 4.79 Å². The lowest BCUT2D eigenvalue weighted by atomic mass is 10.0.